The van der Waals surface area contributed by atoms with Gasteiger partial charge in [-0.25, -0.2) is 0 Å². The van der Waals surface area contributed by atoms with Crippen molar-refractivity contribution in [1.29, 1.82) is 0 Å². The fourth-order valence-corrected chi connectivity index (χ4v) is 6.23. The van der Waals surface area contributed by atoms with Crippen molar-refractivity contribution in [3.8, 4) is 40.1 Å². The van der Waals surface area contributed by atoms with Gasteiger partial charge in [0.15, 0.2) is 29.7 Å². The summed E-state index contributed by atoms with van der Waals surface area (Å²) in [5.74, 6) is -3.49. The molecule has 3 saturated heterocycles. The van der Waals surface area contributed by atoms with Gasteiger partial charge in [-0.3, -0.25) is 4.79 Å². The first-order valence-electron chi connectivity index (χ1n) is 16.4. The molecule has 292 valence electrons. The zero-order chi connectivity index (χ0) is 38.6. The Bertz CT molecular complexity index is 1830. The highest BCUT2D eigenvalue weighted by Crippen LogP contribution is 2.40. The van der Waals surface area contributed by atoms with Gasteiger partial charge in [0, 0.05) is 17.7 Å². The molecule has 0 radical (unpaired) electrons. The molecule has 0 amide bonds. The number of rotatable bonds is 8. The van der Waals surface area contributed by atoms with E-state index in [-0.39, 0.29) is 16.9 Å². The lowest BCUT2D eigenvalue weighted by atomic mass is 9.97. The minimum Gasteiger partial charge on any atom is -0.507 e. The normalized spacial score (nSPS) is 37.8. The molecular weight excluding hydrogens is 716 g/mol. The molecule has 20 nitrogen and oxygen atoms in total. The van der Waals surface area contributed by atoms with Crippen molar-refractivity contribution in [2.45, 2.75) is 106 Å². The van der Waals surface area contributed by atoms with Crippen LogP contribution in [0.1, 0.15) is 13.8 Å². The summed E-state index contributed by atoms with van der Waals surface area (Å²) in [5, 5.41) is 124. The second kappa shape index (κ2) is 15.1. The van der Waals surface area contributed by atoms with Gasteiger partial charge in [-0.2, -0.15) is 0 Å². The second-order valence-electron chi connectivity index (χ2n) is 13.0. The van der Waals surface area contributed by atoms with Crippen molar-refractivity contribution in [2.24, 2.45) is 0 Å². The van der Waals surface area contributed by atoms with Crippen LogP contribution in [-0.4, -0.2) is 160 Å². The van der Waals surface area contributed by atoms with Crippen molar-refractivity contribution in [1.82, 2.24) is 0 Å². The van der Waals surface area contributed by atoms with Crippen molar-refractivity contribution in [3.63, 3.8) is 0 Å². The van der Waals surface area contributed by atoms with Crippen LogP contribution in [0.5, 0.6) is 28.7 Å². The van der Waals surface area contributed by atoms with Gasteiger partial charge >= 0.3 is 0 Å². The molecular formula is C33H40O20. The van der Waals surface area contributed by atoms with E-state index in [0.29, 0.717) is 0 Å². The van der Waals surface area contributed by atoms with E-state index in [1.807, 2.05) is 0 Å². The molecule has 6 rings (SSSR count). The fourth-order valence-electron chi connectivity index (χ4n) is 6.23. The molecule has 1 aromatic heterocycles. The van der Waals surface area contributed by atoms with Gasteiger partial charge in [-0.15, -0.1) is 0 Å². The Balaban J connectivity index is 1.43. The van der Waals surface area contributed by atoms with Crippen LogP contribution in [0, 0.1) is 0 Å². The second-order valence-corrected chi connectivity index (χ2v) is 13.0. The van der Waals surface area contributed by atoms with Crippen molar-refractivity contribution in [2.75, 3.05) is 6.61 Å². The van der Waals surface area contributed by atoms with Gasteiger partial charge in [0.1, 0.15) is 77.4 Å². The number of aliphatic hydroxyl groups is 9. The molecule has 12 N–H and O–H groups in total. The molecule has 4 heterocycles. The summed E-state index contributed by atoms with van der Waals surface area (Å²) < 4.78 is 39.9. The number of hydrogen-bond donors (Lipinski definition) is 12. The molecule has 3 fully saturated rings. The van der Waals surface area contributed by atoms with Crippen molar-refractivity contribution >= 4 is 11.0 Å². The third-order valence-corrected chi connectivity index (χ3v) is 9.36. The van der Waals surface area contributed by atoms with Crippen molar-refractivity contribution < 1.29 is 94.1 Å². The van der Waals surface area contributed by atoms with Gasteiger partial charge in [-0.1, -0.05) is 0 Å². The summed E-state index contributed by atoms with van der Waals surface area (Å²) in [7, 11) is 0. The number of aliphatic hydroxyl groups excluding tert-OH is 9. The lowest BCUT2D eigenvalue weighted by Crippen LogP contribution is -2.64. The zero-order valence-corrected chi connectivity index (χ0v) is 27.9. The number of ether oxygens (including phenoxy) is 6. The molecule has 3 aliphatic rings. The number of phenolic OH excluding ortho intramolecular Hbond substituents is 3. The summed E-state index contributed by atoms with van der Waals surface area (Å²) in [6, 6.07) is 5.29. The Kier molecular flexibility index (Phi) is 11.1. The minimum atomic E-state index is -1.97. The van der Waals surface area contributed by atoms with Crippen LogP contribution in [0.25, 0.3) is 22.3 Å². The summed E-state index contributed by atoms with van der Waals surface area (Å²) >= 11 is 0. The molecule has 53 heavy (non-hydrogen) atoms. The van der Waals surface area contributed by atoms with Gasteiger partial charge in [0.2, 0.25) is 23.8 Å². The summed E-state index contributed by atoms with van der Waals surface area (Å²) in [4.78, 5) is 14.2. The monoisotopic (exact) mass is 756 g/mol. The number of fused-ring (bicyclic) bond motifs is 1. The maximum absolute atomic E-state index is 14.2. The van der Waals surface area contributed by atoms with Gasteiger partial charge in [0.05, 0.1) is 18.8 Å². The standard InChI is InChI=1S/C33H40O20/c1-9-19(38)23(42)26(45)31(47-9)49-12-6-15(37)18-16(7-12)50-28(11-3-4-13(35)14(36)5-11)29(22(18)41)52-33-30(25(44)21(40)17(8-34)51-33)53-32-27(46)24(43)20(39)10(2)48-32/h3-7,9-10,17,19-21,23-27,30-40,42-46H,8H2,1-2H3/t9-,10-,17+,19+,20-,21+,23-,24+,25-,26+,27+,30+,31-,32-,33-/m0/s1. The Hall–Kier alpha value is -3.87. The van der Waals surface area contributed by atoms with Gasteiger partial charge < -0.3 is 94.1 Å². The average molecular weight is 757 g/mol. The van der Waals surface area contributed by atoms with E-state index >= 15 is 0 Å². The number of phenols is 3. The highest BCUT2D eigenvalue weighted by molar-refractivity contribution is 5.88. The fraction of sp³-hybridized carbons (Fsp3) is 0.545. The third kappa shape index (κ3) is 7.22. The van der Waals surface area contributed by atoms with E-state index < -0.39 is 138 Å². The Morgan fingerprint density at radius 2 is 1.26 bits per heavy atom. The van der Waals surface area contributed by atoms with E-state index in [4.69, 9.17) is 32.8 Å². The van der Waals surface area contributed by atoms with Crippen LogP contribution in [0.2, 0.25) is 0 Å². The van der Waals surface area contributed by atoms with E-state index in [2.05, 4.69) is 0 Å². The Morgan fingerprint density at radius 3 is 1.89 bits per heavy atom. The minimum absolute atomic E-state index is 0.110. The molecule has 20 heteroatoms. The molecule has 0 spiro atoms. The first-order chi connectivity index (χ1) is 25.0. The number of benzene rings is 2. The maximum Gasteiger partial charge on any atom is 0.239 e. The molecule has 0 bridgehead atoms. The number of hydrogen-bond acceptors (Lipinski definition) is 20. The lowest BCUT2D eigenvalue weighted by molar-refractivity contribution is -0.354. The molecule has 0 aliphatic carbocycles. The highest BCUT2D eigenvalue weighted by atomic mass is 16.8. The first-order valence-corrected chi connectivity index (χ1v) is 16.4. The average Bonchev–Trinajstić information content (AvgIpc) is 3.12. The molecule has 2 aromatic carbocycles. The van der Waals surface area contributed by atoms with Crippen molar-refractivity contribution in [3.05, 3.63) is 40.6 Å². The van der Waals surface area contributed by atoms with Crippen LogP contribution in [-0.2, 0) is 18.9 Å². The SMILES string of the molecule is C[C@@H]1O[C@@H](O[C@H]2[C@H](Oc3c(-c4ccc(O)c(O)c4)oc4cc(O[C@@H]5O[C@@H](C)[C@@H](O)[C@H](O)[C@H]5O)cc(O)c4c3=O)O[C@H](CO)[C@@H](O)[C@@H]2O)[C@H](O)[C@H](O)[C@H]1O. The Morgan fingerprint density at radius 1 is 0.642 bits per heavy atom. The molecule has 3 aliphatic heterocycles. The predicted molar refractivity (Wildman–Crippen MR) is 172 cm³/mol. The first kappa shape index (κ1) is 38.8. The molecule has 0 saturated carbocycles. The smallest absolute Gasteiger partial charge is 0.239 e. The maximum atomic E-state index is 14.2. The number of aromatic hydroxyl groups is 3. The van der Waals surface area contributed by atoms with E-state index in [1.165, 1.54) is 19.9 Å². The quantitative estimate of drug-likeness (QED) is 0.101. The van der Waals surface area contributed by atoms with Gasteiger partial charge in [-0.05, 0) is 32.0 Å². The lowest BCUT2D eigenvalue weighted by Gasteiger charge is -2.45. The summed E-state index contributed by atoms with van der Waals surface area (Å²) in [5.41, 5.74) is -1.59. The summed E-state index contributed by atoms with van der Waals surface area (Å²) in [6.45, 7) is 1.90. The largest absolute Gasteiger partial charge is 0.507 e. The molecule has 15 atom stereocenters. The third-order valence-electron chi connectivity index (χ3n) is 9.36. The van der Waals surface area contributed by atoms with Gasteiger partial charge in [0.25, 0.3) is 0 Å². The molecule has 0 unspecified atom stereocenters. The van der Waals surface area contributed by atoms with Crippen LogP contribution >= 0.6 is 0 Å². The van der Waals surface area contributed by atoms with E-state index in [9.17, 15) is 66.1 Å². The summed E-state index contributed by atoms with van der Waals surface area (Å²) in [6.07, 6.45) is -24.6. The molecule has 3 aromatic rings. The van der Waals surface area contributed by atoms with Crippen LogP contribution in [0.3, 0.4) is 0 Å². The highest BCUT2D eigenvalue weighted by Gasteiger charge is 2.51. The van der Waals surface area contributed by atoms with E-state index in [0.717, 1.165) is 24.3 Å². The van der Waals surface area contributed by atoms with Crippen LogP contribution in [0.15, 0.2) is 39.5 Å². The van der Waals surface area contributed by atoms with Crippen LogP contribution in [0.4, 0.5) is 0 Å². The zero-order valence-electron chi connectivity index (χ0n) is 27.9. The Labute approximate surface area is 298 Å². The van der Waals surface area contributed by atoms with E-state index in [1.54, 1.807) is 0 Å². The topological polar surface area (TPSA) is 328 Å². The van der Waals surface area contributed by atoms with Crippen LogP contribution < -0.4 is 14.9 Å². The predicted octanol–water partition coefficient (Wildman–Crippen LogP) is -3.19.